The third kappa shape index (κ3) is 3.27. The molecule has 0 bridgehead atoms. The van der Waals surface area contributed by atoms with Crippen molar-refractivity contribution in [1.29, 1.82) is 0 Å². The van der Waals surface area contributed by atoms with Crippen LogP contribution in [0, 0.1) is 12.7 Å². The standard InChI is InChI=1S/C13H15FN2OS/c1-9-13(18-8-16-9)2-3-17-12-5-10(7-15)4-11(14)6-12/h4-6,8H,2-3,7,15H2,1H3. The molecule has 18 heavy (non-hydrogen) atoms. The predicted octanol–water partition coefficient (Wildman–Crippen LogP) is 2.67. The van der Waals surface area contributed by atoms with Crippen LogP contribution in [-0.4, -0.2) is 11.6 Å². The van der Waals surface area contributed by atoms with Gasteiger partial charge in [-0.15, -0.1) is 11.3 Å². The molecule has 2 N–H and O–H groups in total. The van der Waals surface area contributed by atoms with Crippen LogP contribution in [0.2, 0.25) is 0 Å². The third-order valence-corrected chi connectivity index (χ3v) is 3.60. The lowest BCUT2D eigenvalue weighted by Crippen LogP contribution is -2.03. The number of aryl methyl sites for hydroxylation is 1. The van der Waals surface area contributed by atoms with Crippen molar-refractivity contribution >= 4 is 11.3 Å². The maximum Gasteiger partial charge on any atom is 0.127 e. The van der Waals surface area contributed by atoms with Crippen LogP contribution >= 0.6 is 11.3 Å². The molecule has 96 valence electrons. The van der Waals surface area contributed by atoms with Crippen LogP contribution in [-0.2, 0) is 13.0 Å². The van der Waals surface area contributed by atoms with Crippen molar-refractivity contribution in [2.75, 3.05) is 6.61 Å². The van der Waals surface area contributed by atoms with Crippen LogP contribution in [0.15, 0.2) is 23.7 Å². The van der Waals surface area contributed by atoms with E-state index in [1.54, 1.807) is 17.4 Å². The smallest absolute Gasteiger partial charge is 0.127 e. The monoisotopic (exact) mass is 266 g/mol. The maximum absolute atomic E-state index is 13.2. The lowest BCUT2D eigenvalue weighted by molar-refractivity contribution is 0.320. The van der Waals surface area contributed by atoms with Crippen molar-refractivity contribution < 1.29 is 9.13 Å². The van der Waals surface area contributed by atoms with Gasteiger partial charge in [0.15, 0.2) is 0 Å². The zero-order valence-electron chi connectivity index (χ0n) is 10.1. The van der Waals surface area contributed by atoms with Gasteiger partial charge in [-0.2, -0.15) is 0 Å². The van der Waals surface area contributed by atoms with E-state index in [1.807, 2.05) is 12.4 Å². The summed E-state index contributed by atoms with van der Waals surface area (Å²) in [5, 5.41) is 0. The molecule has 0 radical (unpaired) electrons. The molecule has 2 aromatic rings. The van der Waals surface area contributed by atoms with Crippen molar-refractivity contribution in [3.05, 3.63) is 45.7 Å². The summed E-state index contributed by atoms with van der Waals surface area (Å²) in [7, 11) is 0. The number of hydrogen-bond donors (Lipinski definition) is 1. The lowest BCUT2D eigenvalue weighted by Gasteiger charge is -2.07. The third-order valence-electron chi connectivity index (χ3n) is 2.61. The van der Waals surface area contributed by atoms with Gasteiger partial charge in [0.1, 0.15) is 11.6 Å². The highest BCUT2D eigenvalue weighted by Crippen LogP contribution is 2.18. The molecule has 3 nitrogen and oxygen atoms in total. The Morgan fingerprint density at radius 1 is 1.39 bits per heavy atom. The lowest BCUT2D eigenvalue weighted by atomic mass is 10.2. The fraction of sp³-hybridized carbons (Fsp3) is 0.308. The molecule has 0 fully saturated rings. The van der Waals surface area contributed by atoms with E-state index in [0.29, 0.717) is 18.9 Å². The Balaban J connectivity index is 1.94. The first-order valence-electron chi connectivity index (χ1n) is 5.70. The highest BCUT2D eigenvalue weighted by Gasteiger charge is 2.04. The largest absolute Gasteiger partial charge is 0.493 e. The van der Waals surface area contributed by atoms with Gasteiger partial charge in [0.25, 0.3) is 0 Å². The number of rotatable bonds is 5. The SMILES string of the molecule is Cc1ncsc1CCOc1cc(F)cc(CN)c1. The van der Waals surface area contributed by atoms with Gasteiger partial charge in [0.05, 0.1) is 17.8 Å². The molecule has 0 saturated carbocycles. The number of nitrogens with zero attached hydrogens (tertiary/aromatic N) is 1. The van der Waals surface area contributed by atoms with Gasteiger partial charge in [-0.05, 0) is 24.6 Å². The number of nitrogens with two attached hydrogens (primary N) is 1. The topological polar surface area (TPSA) is 48.1 Å². The number of halogens is 1. The number of aromatic nitrogens is 1. The van der Waals surface area contributed by atoms with Crippen LogP contribution in [0.1, 0.15) is 16.1 Å². The Morgan fingerprint density at radius 3 is 2.89 bits per heavy atom. The zero-order valence-corrected chi connectivity index (χ0v) is 11.0. The first-order valence-corrected chi connectivity index (χ1v) is 6.58. The van der Waals surface area contributed by atoms with E-state index in [-0.39, 0.29) is 5.82 Å². The Labute approximate surface area is 109 Å². The summed E-state index contributed by atoms with van der Waals surface area (Å²) in [5.74, 6) is 0.208. The summed E-state index contributed by atoms with van der Waals surface area (Å²) in [6, 6.07) is 4.56. The molecule has 0 amide bonds. The van der Waals surface area contributed by atoms with E-state index >= 15 is 0 Å². The van der Waals surface area contributed by atoms with Crippen molar-refractivity contribution in [2.24, 2.45) is 5.73 Å². The number of hydrogen-bond acceptors (Lipinski definition) is 4. The second-order valence-corrected chi connectivity index (χ2v) is 4.90. The van der Waals surface area contributed by atoms with Gasteiger partial charge in [0.2, 0.25) is 0 Å². The Bertz CT molecular complexity index is 527. The molecule has 0 saturated heterocycles. The summed E-state index contributed by atoms with van der Waals surface area (Å²) in [6.45, 7) is 2.79. The van der Waals surface area contributed by atoms with Crippen LogP contribution in [0.5, 0.6) is 5.75 Å². The molecule has 2 rings (SSSR count). The first-order chi connectivity index (χ1) is 8.69. The van der Waals surface area contributed by atoms with Gasteiger partial charge in [-0.1, -0.05) is 0 Å². The van der Waals surface area contributed by atoms with E-state index < -0.39 is 0 Å². The summed E-state index contributed by atoms with van der Waals surface area (Å²) >= 11 is 1.61. The normalized spacial score (nSPS) is 10.6. The second kappa shape index (κ2) is 5.93. The van der Waals surface area contributed by atoms with Crippen LogP contribution in [0.25, 0.3) is 0 Å². The van der Waals surface area contributed by atoms with Crippen molar-refractivity contribution in [3.8, 4) is 5.75 Å². The molecule has 0 aliphatic carbocycles. The fourth-order valence-corrected chi connectivity index (χ4v) is 2.41. The van der Waals surface area contributed by atoms with Crippen LogP contribution in [0.3, 0.4) is 0 Å². The molecule has 1 heterocycles. The second-order valence-electron chi connectivity index (χ2n) is 3.96. The highest BCUT2D eigenvalue weighted by molar-refractivity contribution is 7.09. The summed E-state index contributed by atoms with van der Waals surface area (Å²) in [4.78, 5) is 5.37. The van der Waals surface area contributed by atoms with Gasteiger partial charge < -0.3 is 10.5 Å². The first kappa shape index (κ1) is 13.0. The Hall–Kier alpha value is -1.46. The van der Waals surface area contributed by atoms with E-state index in [1.165, 1.54) is 17.0 Å². The van der Waals surface area contributed by atoms with Gasteiger partial charge in [-0.3, -0.25) is 0 Å². The van der Waals surface area contributed by atoms with E-state index in [9.17, 15) is 4.39 Å². The molecule has 0 aliphatic heterocycles. The summed E-state index contributed by atoms with van der Waals surface area (Å²) < 4.78 is 18.8. The number of benzene rings is 1. The zero-order chi connectivity index (χ0) is 13.0. The Morgan fingerprint density at radius 2 is 2.22 bits per heavy atom. The van der Waals surface area contributed by atoms with Gasteiger partial charge in [0, 0.05) is 23.9 Å². The quantitative estimate of drug-likeness (QED) is 0.905. The molecule has 0 spiro atoms. The van der Waals surface area contributed by atoms with Gasteiger partial charge in [-0.25, -0.2) is 9.37 Å². The minimum Gasteiger partial charge on any atom is -0.493 e. The van der Waals surface area contributed by atoms with Crippen molar-refractivity contribution in [1.82, 2.24) is 4.98 Å². The molecule has 5 heteroatoms. The van der Waals surface area contributed by atoms with Crippen molar-refractivity contribution in [2.45, 2.75) is 19.9 Å². The molecule has 0 aliphatic rings. The average Bonchev–Trinajstić information content (AvgIpc) is 2.74. The van der Waals surface area contributed by atoms with Crippen LogP contribution < -0.4 is 10.5 Å². The van der Waals surface area contributed by atoms with Gasteiger partial charge >= 0.3 is 0 Å². The molecular weight excluding hydrogens is 251 g/mol. The molecule has 0 unspecified atom stereocenters. The van der Waals surface area contributed by atoms with Crippen molar-refractivity contribution in [3.63, 3.8) is 0 Å². The molecule has 0 atom stereocenters. The number of ether oxygens (including phenoxy) is 1. The molecule has 1 aromatic heterocycles. The van der Waals surface area contributed by atoms with E-state index in [2.05, 4.69) is 4.98 Å². The minimum absolute atomic E-state index is 0.308. The highest BCUT2D eigenvalue weighted by atomic mass is 32.1. The minimum atomic E-state index is -0.318. The Kier molecular flexibility index (Phi) is 4.28. The maximum atomic E-state index is 13.2. The van der Waals surface area contributed by atoms with E-state index in [4.69, 9.17) is 10.5 Å². The summed E-state index contributed by atoms with van der Waals surface area (Å²) in [5.41, 5.74) is 9.07. The summed E-state index contributed by atoms with van der Waals surface area (Å²) in [6.07, 6.45) is 0.783. The van der Waals surface area contributed by atoms with Crippen LogP contribution in [0.4, 0.5) is 4.39 Å². The van der Waals surface area contributed by atoms with E-state index in [0.717, 1.165) is 17.7 Å². The molecular formula is C13H15FN2OS. The fourth-order valence-electron chi connectivity index (χ4n) is 1.65. The average molecular weight is 266 g/mol. The predicted molar refractivity (Wildman–Crippen MR) is 70.3 cm³/mol. The number of thiazole rings is 1. The molecule has 1 aromatic carbocycles.